The summed E-state index contributed by atoms with van der Waals surface area (Å²) in [7, 11) is 0. The van der Waals surface area contributed by atoms with Crippen molar-refractivity contribution in [1.29, 1.82) is 0 Å². The van der Waals surface area contributed by atoms with Crippen molar-refractivity contribution in [2.45, 2.75) is 6.92 Å². The second-order valence-corrected chi connectivity index (χ2v) is 3.23. The van der Waals surface area contributed by atoms with Gasteiger partial charge in [0.25, 0.3) is 0 Å². The molecule has 0 aliphatic rings. The van der Waals surface area contributed by atoms with Crippen molar-refractivity contribution in [2.24, 2.45) is 0 Å². The van der Waals surface area contributed by atoms with Crippen molar-refractivity contribution in [3.8, 4) is 11.5 Å². The second-order valence-electron chi connectivity index (χ2n) is 3.23. The molecule has 0 saturated carbocycles. The van der Waals surface area contributed by atoms with Crippen LogP contribution in [0.4, 0.5) is 0 Å². The van der Waals surface area contributed by atoms with Crippen LogP contribution in [-0.2, 0) is 0 Å². The number of phenols is 1. The smallest absolute Gasteiger partial charge is 0.339 e. The first kappa shape index (κ1) is 11.1. The molecule has 0 fully saturated rings. The molecule has 0 heterocycles. The Balaban J connectivity index is 2.82. The van der Waals surface area contributed by atoms with Crippen molar-refractivity contribution < 1.29 is 19.7 Å². The van der Waals surface area contributed by atoms with Crippen LogP contribution in [0.5, 0.6) is 11.5 Å². The van der Waals surface area contributed by atoms with Gasteiger partial charge in [-0.3, -0.25) is 0 Å². The highest BCUT2D eigenvalue weighted by molar-refractivity contribution is 5.90. The number of carboxylic acid groups (broad SMARTS) is 1. The highest BCUT2D eigenvalue weighted by Crippen LogP contribution is 2.23. The number of ether oxygens (including phenoxy) is 1. The first-order valence-electron chi connectivity index (χ1n) is 4.34. The molecule has 4 nitrogen and oxygen atoms in total. The Morgan fingerprint density at radius 2 is 2.20 bits per heavy atom. The maximum absolute atomic E-state index is 10.6. The van der Waals surface area contributed by atoms with Crippen molar-refractivity contribution in [2.75, 3.05) is 6.61 Å². The van der Waals surface area contributed by atoms with Crippen LogP contribution in [0.2, 0.25) is 0 Å². The van der Waals surface area contributed by atoms with E-state index in [2.05, 4.69) is 6.58 Å². The van der Waals surface area contributed by atoms with Gasteiger partial charge >= 0.3 is 5.97 Å². The largest absolute Gasteiger partial charge is 0.507 e. The fraction of sp³-hybridized carbons (Fsp3) is 0.182. The summed E-state index contributed by atoms with van der Waals surface area (Å²) < 4.78 is 5.23. The van der Waals surface area contributed by atoms with Crippen LogP contribution in [0.3, 0.4) is 0 Å². The first-order chi connectivity index (χ1) is 7.00. The van der Waals surface area contributed by atoms with E-state index in [1.54, 1.807) is 0 Å². The third-order valence-corrected chi connectivity index (χ3v) is 1.68. The Bertz CT molecular complexity index is 396. The first-order valence-corrected chi connectivity index (χ1v) is 4.34. The third kappa shape index (κ3) is 3.02. The quantitative estimate of drug-likeness (QED) is 0.743. The number of rotatable bonds is 4. The zero-order valence-corrected chi connectivity index (χ0v) is 8.36. The van der Waals surface area contributed by atoms with E-state index in [0.29, 0.717) is 12.4 Å². The molecule has 0 aliphatic carbocycles. The highest BCUT2D eigenvalue weighted by Gasteiger charge is 2.09. The van der Waals surface area contributed by atoms with Crippen LogP contribution in [0, 0.1) is 0 Å². The van der Waals surface area contributed by atoms with E-state index in [0.717, 1.165) is 5.57 Å². The molecule has 0 spiro atoms. The maximum Gasteiger partial charge on any atom is 0.339 e. The second kappa shape index (κ2) is 4.50. The Morgan fingerprint density at radius 1 is 1.53 bits per heavy atom. The highest BCUT2D eigenvalue weighted by atomic mass is 16.5. The molecule has 0 radical (unpaired) electrons. The van der Waals surface area contributed by atoms with Crippen molar-refractivity contribution >= 4 is 5.97 Å². The zero-order chi connectivity index (χ0) is 11.4. The van der Waals surface area contributed by atoms with Gasteiger partial charge in [0.05, 0.1) is 0 Å². The normalized spacial score (nSPS) is 9.67. The van der Waals surface area contributed by atoms with Crippen LogP contribution < -0.4 is 4.74 Å². The van der Waals surface area contributed by atoms with Crippen LogP contribution in [-0.4, -0.2) is 22.8 Å². The van der Waals surface area contributed by atoms with Crippen molar-refractivity contribution in [3.05, 3.63) is 35.9 Å². The molecule has 4 heteroatoms. The molecule has 0 amide bonds. The van der Waals surface area contributed by atoms with Gasteiger partial charge in [0.2, 0.25) is 0 Å². The Hall–Kier alpha value is -1.97. The van der Waals surface area contributed by atoms with Crippen LogP contribution in [0.15, 0.2) is 30.4 Å². The van der Waals surface area contributed by atoms with E-state index >= 15 is 0 Å². The van der Waals surface area contributed by atoms with E-state index in [9.17, 15) is 9.90 Å². The number of hydrogen-bond acceptors (Lipinski definition) is 3. The number of carboxylic acids is 1. The van der Waals surface area contributed by atoms with E-state index in [4.69, 9.17) is 9.84 Å². The lowest BCUT2D eigenvalue weighted by Gasteiger charge is -2.07. The van der Waals surface area contributed by atoms with Gasteiger partial charge in [0, 0.05) is 6.07 Å². The van der Waals surface area contributed by atoms with Crippen LogP contribution in [0.1, 0.15) is 17.3 Å². The SMILES string of the molecule is C=C(C)COc1ccc(C(=O)O)c(O)c1. The molecule has 1 rings (SSSR count). The summed E-state index contributed by atoms with van der Waals surface area (Å²) in [4.78, 5) is 10.6. The van der Waals surface area contributed by atoms with Gasteiger partial charge in [-0.05, 0) is 24.6 Å². The van der Waals surface area contributed by atoms with Gasteiger partial charge < -0.3 is 14.9 Å². The lowest BCUT2D eigenvalue weighted by molar-refractivity contribution is 0.0693. The summed E-state index contributed by atoms with van der Waals surface area (Å²) >= 11 is 0. The summed E-state index contributed by atoms with van der Waals surface area (Å²) in [5.41, 5.74) is 0.703. The molecule has 15 heavy (non-hydrogen) atoms. The Kier molecular flexibility index (Phi) is 3.33. The number of aromatic carboxylic acids is 1. The molecule has 0 saturated heterocycles. The van der Waals surface area contributed by atoms with E-state index in [-0.39, 0.29) is 11.3 Å². The summed E-state index contributed by atoms with van der Waals surface area (Å²) in [6.07, 6.45) is 0. The molecule has 0 aromatic heterocycles. The van der Waals surface area contributed by atoms with Crippen LogP contribution in [0.25, 0.3) is 0 Å². The fourth-order valence-corrected chi connectivity index (χ4v) is 0.989. The average molecular weight is 208 g/mol. The Morgan fingerprint density at radius 3 is 2.67 bits per heavy atom. The standard InChI is InChI=1S/C11H12O4/c1-7(2)6-15-8-3-4-9(11(13)14)10(12)5-8/h3-5,12H,1,6H2,2H3,(H,13,14). The van der Waals surface area contributed by atoms with E-state index in [1.807, 2.05) is 6.92 Å². The lowest BCUT2D eigenvalue weighted by Crippen LogP contribution is -2.00. The molecule has 0 unspecified atom stereocenters. The lowest BCUT2D eigenvalue weighted by atomic mass is 10.2. The number of benzene rings is 1. The number of hydrogen-bond donors (Lipinski definition) is 2. The topological polar surface area (TPSA) is 66.8 Å². The summed E-state index contributed by atoms with van der Waals surface area (Å²) in [6.45, 7) is 5.81. The van der Waals surface area contributed by atoms with Gasteiger partial charge in [-0.25, -0.2) is 4.79 Å². The summed E-state index contributed by atoms with van der Waals surface area (Å²) in [5.74, 6) is -1.05. The molecular weight excluding hydrogens is 196 g/mol. The molecule has 0 atom stereocenters. The predicted molar refractivity (Wildman–Crippen MR) is 55.4 cm³/mol. The minimum atomic E-state index is -1.17. The van der Waals surface area contributed by atoms with Gasteiger partial charge in [0.15, 0.2) is 0 Å². The summed E-state index contributed by atoms with van der Waals surface area (Å²) in [6, 6.07) is 4.06. The van der Waals surface area contributed by atoms with Gasteiger partial charge in [-0.15, -0.1) is 0 Å². The van der Waals surface area contributed by atoms with Crippen LogP contribution >= 0.6 is 0 Å². The minimum Gasteiger partial charge on any atom is -0.507 e. The van der Waals surface area contributed by atoms with Gasteiger partial charge in [-0.2, -0.15) is 0 Å². The minimum absolute atomic E-state index is 0.141. The molecule has 1 aromatic carbocycles. The fourth-order valence-electron chi connectivity index (χ4n) is 0.989. The van der Waals surface area contributed by atoms with Crippen molar-refractivity contribution in [3.63, 3.8) is 0 Å². The molecule has 2 N–H and O–H groups in total. The number of aromatic hydroxyl groups is 1. The van der Waals surface area contributed by atoms with Gasteiger partial charge in [-0.1, -0.05) is 6.58 Å². The molecule has 0 bridgehead atoms. The zero-order valence-electron chi connectivity index (χ0n) is 8.36. The summed E-state index contributed by atoms with van der Waals surface area (Å²) in [5, 5.41) is 18.0. The monoisotopic (exact) mass is 208 g/mol. The Labute approximate surface area is 87.4 Å². The third-order valence-electron chi connectivity index (χ3n) is 1.68. The molecular formula is C11H12O4. The number of carbonyl (C=O) groups is 1. The van der Waals surface area contributed by atoms with E-state index in [1.165, 1.54) is 18.2 Å². The van der Waals surface area contributed by atoms with E-state index < -0.39 is 5.97 Å². The van der Waals surface area contributed by atoms with Crippen molar-refractivity contribution in [1.82, 2.24) is 0 Å². The van der Waals surface area contributed by atoms with Gasteiger partial charge in [0.1, 0.15) is 23.7 Å². The maximum atomic E-state index is 10.6. The molecule has 80 valence electrons. The molecule has 1 aromatic rings. The average Bonchev–Trinajstić information content (AvgIpc) is 2.14. The predicted octanol–water partition coefficient (Wildman–Crippen LogP) is 2.05. The molecule has 0 aliphatic heterocycles.